The number of hydrogen-bond acceptors (Lipinski definition) is 6. The summed E-state index contributed by atoms with van der Waals surface area (Å²) in [4.78, 5) is 14.7. The SMILES string of the molecule is CCn1c(CN(c2ccc(C)cc2)S(C)(=O)=O)nnc1SCC(=O)N1CCc2ccccc21. The monoisotopic (exact) mass is 485 g/mol. The maximum atomic E-state index is 12.9. The lowest BCUT2D eigenvalue weighted by Crippen LogP contribution is -2.31. The molecule has 3 aromatic rings. The van der Waals surface area contributed by atoms with Crippen LogP contribution in [0.1, 0.15) is 23.9 Å². The lowest BCUT2D eigenvalue weighted by Gasteiger charge is -2.22. The fraction of sp³-hybridized carbons (Fsp3) is 0.348. The number of sulfonamides is 1. The third-order valence-corrected chi connectivity index (χ3v) is 7.72. The number of aromatic nitrogens is 3. The Morgan fingerprint density at radius 2 is 1.85 bits per heavy atom. The van der Waals surface area contributed by atoms with E-state index < -0.39 is 10.0 Å². The molecule has 174 valence electrons. The number of para-hydroxylation sites is 1. The quantitative estimate of drug-likeness (QED) is 0.455. The van der Waals surface area contributed by atoms with E-state index in [9.17, 15) is 13.2 Å². The number of benzene rings is 2. The van der Waals surface area contributed by atoms with E-state index in [1.807, 2.05) is 53.6 Å². The summed E-state index contributed by atoms with van der Waals surface area (Å²) < 4.78 is 28.2. The van der Waals surface area contributed by atoms with Crippen molar-refractivity contribution in [3.8, 4) is 0 Å². The van der Waals surface area contributed by atoms with Gasteiger partial charge in [-0.25, -0.2) is 8.42 Å². The summed E-state index contributed by atoms with van der Waals surface area (Å²) in [5.41, 5.74) is 3.79. The minimum absolute atomic E-state index is 0.0228. The third-order valence-electron chi connectivity index (χ3n) is 5.63. The van der Waals surface area contributed by atoms with Gasteiger partial charge in [-0.2, -0.15) is 0 Å². The first-order chi connectivity index (χ1) is 15.8. The molecule has 0 unspecified atom stereocenters. The van der Waals surface area contributed by atoms with E-state index in [1.54, 1.807) is 12.1 Å². The Hall–Kier alpha value is -2.85. The normalized spacial score (nSPS) is 13.2. The first-order valence-corrected chi connectivity index (χ1v) is 13.6. The van der Waals surface area contributed by atoms with E-state index in [2.05, 4.69) is 16.3 Å². The van der Waals surface area contributed by atoms with Crippen molar-refractivity contribution in [3.63, 3.8) is 0 Å². The first kappa shape index (κ1) is 23.3. The van der Waals surface area contributed by atoms with Gasteiger partial charge in [0.2, 0.25) is 15.9 Å². The molecule has 1 amide bonds. The minimum atomic E-state index is -3.53. The number of nitrogens with zero attached hydrogens (tertiary/aromatic N) is 5. The van der Waals surface area contributed by atoms with E-state index >= 15 is 0 Å². The van der Waals surface area contributed by atoms with Gasteiger partial charge in [-0.15, -0.1) is 10.2 Å². The maximum Gasteiger partial charge on any atom is 0.237 e. The van der Waals surface area contributed by atoms with Crippen molar-refractivity contribution < 1.29 is 13.2 Å². The number of aryl methyl sites for hydroxylation is 1. The average molecular weight is 486 g/mol. The van der Waals surface area contributed by atoms with Crippen molar-refractivity contribution in [2.75, 3.05) is 27.8 Å². The highest BCUT2D eigenvalue weighted by atomic mass is 32.2. The van der Waals surface area contributed by atoms with Gasteiger partial charge in [-0.05, 0) is 44.0 Å². The smallest absolute Gasteiger partial charge is 0.237 e. The van der Waals surface area contributed by atoms with Gasteiger partial charge in [-0.1, -0.05) is 47.7 Å². The van der Waals surface area contributed by atoms with Crippen LogP contribution in [-0.4, -0.2) is 47.6 Å². The summed E-state index contributed by atoms with van der Waals surface area (Å²) in [6.45, 7) is 5.22. The Bertz CT molecular complexity index is 1260. The summed E-state index contributed by atoms with van der Waals surface area (Å²) in [5, 5.41) is 9.11. The van der Waals surface area contributed by atoms with Crippen molar-refractivity contribution in [3.05, 3.63) is 65.5 Å². The zero-order valence-electron chi connectivity index (χ0n) is 18.9. The van der Waals surface area contributed by atoms with Gasteiger partial charge < -0.3 is 9.47 Å². The van der Waals surface area contributed by atoms with E-state index in [1.165, 1.54) is 27.9 Å². The Morgan fingerprint density at radius 1 is 1.12 bits per heavy atom. The van der Waals surface area contributed by atoms with E-state index in [4.69, 9.17) is 0 Å². The van der Waals surface area contributed by atoms with Gasteiger partial charge in [0, 0.05) is 18.8 Å². The van der Waals surface area contributed by atoms with Crippen LogP contribution in [0.2, 0.25) is 0 Å². The molecule has 0 N–H and O–H groups in total. The van der Waals surface area contributed by atoms with Crippen LogP contribution in [0, 0.1) is 6.92 Å². The van der Waals surface area contributed by atoms with Crippen LogP contribution in [0.25, 0.3) is 0 Å². The lowest BCUT2D eigenvalue weighted by atomic mass is 10.2. The fourth-order valence-corrected chi connectivity index (χ4v) is 5.65. The van der Waals surface area contributed by atoms with Crippen LogP contribution in [0.3, 0.4) is 0 Å². The van der Waals surface area contributed by atoms with Gasteiger partial charge in [0.25, 0.3) is 0 Å². The average Bonchev–Trinajstić information content (AvgIpc) is 3.39. The number of rotatable bonds is 8. The van der Waals surface area contributed by atoms with Crippen molar-refractivity contribution in [2.45, 2.75) is 38.5 Å². The Morgan fingerprint density at radius 3 is 2.55 bits per heavy atom. The third kappa shape index (κ3) is 5.06. The molecule has 2 aromatic carbocycles. The van der Waals surface area contributed by atoms with Crippen LogP contribution in [0.4, 0.5) is 11.4 Å². The molecule has 0 radical (unpaired) electrons. The molecule has 0 aliphatic carbocycles. The molecule has 1 aromatic heterocycles. The summed E-state index contributed by atoms with van der Waals surface area (Å²) >= 11 is 1.32. The standard InChI is InChI=1S/C23H27N5O3S2/c1-4-26-21(15-28(33(3,30)31)19-11-9-17(2)10-12-19)24-25-23(26)32-16-22(29)27-14-13-18-7-5-6-8-20(18)27/h5-12H,4,13-16H2,1-3H3. The van der Waals surface area contributed by atoms with Crippen LogP contribution < -0.4 is 9.21 Å². The van der Waals surface area contributed by atoms with Gasteiger partial charge in [0.1, 0.15) is 0 Å². The van der Waals surface area contributed by atoms with Crippen LogP contribution in [0.15, 0.2) is 53.7 Å². The molecule has 0 saturated carbocycles. The molecule has 2 heterocycles. The molecule has 0 atom stereocenters. The molecular weight excluding hydrogens is 458 g/mol. The Balaban J connectivity index is 1.50. The topological polar surface area (TPSA) is 88.4 Å². The number of anilines is 2. The Kier molecular flexibility index (Phi) is 6.76. The second kappa shape index (κ2) is 9.56. The minimum Gasteiger partial charge on any atom is -0.311 e. The number of hydrogen-bond donors (Lipinski definition) is 0. The van der Waals surface area contributed by atoms with Crippen molar-refractivity contribution >= 4 is 39.1 Å². The van der Waals surface area contributed by atoms with Crippen molar-refractivity contribution in [1.29, 1.82) is 0 Å². The van der Waals surface area contributed by atoms with Gasteiger partial charge in [0.15, 0.2) is 11.0 Å². The molecule has 1 aliphatic heterocycles. The van der Waals surface area contributed by atoms with Crippen LogP contribution in [0.5, 0.6) is 0 Å². The van der Waals surface area contributed by atoms with Crippen LogP contribution >= 0.6 is 11.8 Å². The number of amides is 1. The highest BCUT2D eigenvalue weighted by Crippen LogP contribution is 2.29. The van der Waals surface area contributed by atoms with E-state index in [0.29, 0.717) is 29.8 Å². The van der Waals surface area contributed by atoms with Crippen molar-refractivity contribution in [2.24, 2.45) is 0 Å². The molecule has 4 rings (SSSR count). The zero-order chi connectivity index (χ0) is 23.6. The summed E-state index contributed by atoms with van der Waals surface area (Å²) in [5.74, 6) is 0.791. The molecule has 1 aliphatic rings. The van der Waals surface area contributed by atoms with Crippen LogP contribution in [-0.2, 0) is 34.3 Å². The zero-order valence-corrected chi connectivity index (χ0v) is 20.6. The predicted molar refractivity (Wildman–Crippen MR) is 131 cm³/mol. The lowest BCUT2D eigenvalue weighted by molar-refractivity contribution is -0.116. The summed E-state index contributed by atoms with van der Waals surface area (Å²) in [6.07, 6.45) is 2.05. The van der Waals surface area contributed by atoms with E-state index in [0.717, 1.165) is 17.7 Å². The van der Waals surface area contributed by atoms with Crippen molar-refractivity contribution in [1.82, 2.24) is 14.8 Å². The summed E-state index contributed by atoms with van der Waals surface area (Å²) in [6, 6.07) is 15.3. The fourth-order valence-electron chi connectivity index (χ4n) is 3.90. The number of carbonyl (C=O) groups excluding carboxylic acids is 1. The Labute approximate surface area is 198 Å². The predicted octanol–water partition coefficient (Wildman–Crippen LogP) is 3.25. The van der Waals surface area contributed by atoms with E-state index in [-0.39, 0.29) is 18.2 Å². The molecule has 0 saturated heterocycles. The molecule has 0 fully saturated rings. The van der Waals surface area contributed by atoms with Gasteiger partial charge in [0.05, 0.1) is 24.2 Å². The largest absolute Gasteiger partial charge is 0.311 e. The van der Waals surface area contributed by atoms with Gasteiger partial charge >= 0.3 is 0 Å². The number of fused-ring (bicyclic) bond motifs is 1. The summed E-state index contributed by atoms with van der Waals surface area (Å²) in [7, 11) is -3.53. The highest BCUT2D eigenvalue weighted by molar-refractivity contribution is 7.99. The molecule has 8 nitrogen and oxygen atoms in total. The highest BCUT2D eigenvalue weighted by Gasteiger charge is 2.26. The molecule has 0 spiro atoms. The second-order valence-electron chi connectivity index (χ2n) is 7.96. The first-order valence-electron chi connectivity index (χ1n) is 10.8. The molecule has 0 bridgehead atoms. The molecular formula is C23H27N5O3S2. The number of thioether (sulfide) groups is 1. The van der Waals surface area contributed by atoms with Gasteiger partial charge in [-0.3, -0.25) is 9.10 Å². The maximum absolute atomic E-state index is 12.9. The molecule has 33 heavy (non-hydrogen) atoms. The molecule has 10 heteroatoms. The number of carbonyl (C=O) groups is 1. The second-order valence-corrected chi connectivity index (χ2v) is 10.8.